The highest BCUT2D eigenvalue weighted by Gasteiger charge is 2.20. The summed E-state index contributed by atoms with van der Waals surface area (Å²) in [5, 5.41) is 0.0208. The Kier molecular flexibility index (Phi) is 4.51. The van der Waals surface area contributed by atoms with Crippen molar-refractivity contribution in [2.24, 2.45) is 5.73 Å². The number of nitrogens with two attached hydrogens (primary N) is 1. The molecule has 0 aromatic heterocycles. The lowest BCUT2D eigenvalue weighted by Gasteiger charge is -2.17. The first-order valence-electron chi connectivity index (χ1n) is 3.46. The average molecular weight is 193 g/mol. The lowest BCUT2D eigenvalue weighted by Crippen LogP contribution is -2.32. The Morgan fingerprint density at radius 2 is 2.09 bits per heavy atom. The lowest BCUT2D eigenvalue weighted by molar-refractivity contribution is -0.111. The van der Waals surface area contributed by atoms with Crippen LogP contribution in [-0.4, -0.2) is 21.7 Å². The quantitative estimate of drug-likeness (QED) is 0.650. The molecule has 0 aromatic rings. The molecular formula is C7H15NOS2. The van der Waals surface area contributed by atoms with E-state index in [4.69, 9.17) is 5.73 Å². The second kappa shape index (κ2) is 4.38. The molecule has 0 aromatic carbocycles. The topological polar surface area (TPSA) is 43.1 Å². The first kappa shape index (κ1) is 11.3. The Labute approximate surface area is 77.7 Å². The molecule has 0 aliphatic rings. The molecule has 0 heterocycles. The van der Waals surface area contributed by atoms with Crippen molar-refractivity contribution in [2.75, 3.05) is 5.75 Å². The van der Waals surface area contributed by atoms with Crippen molar-refractivity contribution < 1.29 is 4.79 Å². The van der Waals surface area contributed by atoms with E-state index in [0.29, 0.717) is 5.75 Å². The van der Waals surface area contributed by atoms with Crippen LogP contribution < -0.4 is 5.73 Å². The fourth-order valence-corrected chi connectivity index (χ4v) is 1.58. The van der Waals surface area contributed by atoms with Gasteiger partial charge in [0.05, 0.1) is 6.04 Å². The van der Waals surface area contributed by atoms with Crippen LogP contribution >= 0.6 is 24.4 Å². The van der Waals surface area contributed by atoms with Gasteiger partial charge < -0.3 is 5.73 Å². The summed E-state index contributed by atoms with van der Waals surface area (Å²) in [7, 11) is 0. The van der Waals surface area contributed by atoms with Crippen molar-refractivity contribution in [3.8, 4) is 0 Å². The predicted molar refractivity (Wildman–Crippen MR) is 54.2 cm³/mol. The monoisotopic (exact) mass is 193 g/mol. The van der Waals surface area contributed by atoms with Gasteiger partial charge in [0.2, 0.25) is 5.12 Å². The van der Waals surface area contributed by atoms with Gasteiger partial charge in [-0.05, 0) is 0 Å². The van der Waals surface area contributed by atoms with Crippen LogP contribution in [0.5, 0.6) is 0 Å². The Hall–Kier alpha value is 0.330. The van der Waals surface area contributed by atoms with Crippen molar-refractivity contribution >= 4 is 29.5 Å². The van der Waals surface area contributed by atoms with Crippen LogP contribution in [0.1, 0.15) is 20.8 Å². The Bertz CT molecular complexity index is 142. The molecule has 0 aliphatic heterocycles. The van der Waals surface area contributed by atoms with Gasteiger partial charge in [-0.15, -0.1) is 0 Å². The summed E-state index contributed by atoms with van der Waals surface area (Å²) in [6.45, 7) is 5.96. The van der Waals surface area contributed by atoms with E-state index in [0.717, 1.165) is 0 Å². The van der Waals surface area contributed by atoms with E-state index in [9.17, 15) is 4.79 Å². The minimum Gasteiger partial charge on any atom is -0.320 e. The molecule has 66 valence electrons. The number of thioether (sulfide) groups is 1. The summed E-state index contributed by atoms with van der Waals surface area (Å²) in [5.41, 5.74) is 5.48. The maximum absolute atomic E-state index is 11.2. The molecule has 0 aliphatic carbocycles. The first-order valence-corrected chi connectivity index (χ1v) is 4.91. The highest BCUT2D eigenvalue weighted by atomic mass is 32.2. The van der Waals surface area contributed by atoms with Gasteiger partial charge >= 0.3 is 0 Å². The van der Waals surface area contributed by atoms with E-state index in [-0.39, 0.29) is 9.86 Å². The summed E-state index contributed by atoms with van der Waals surface area (Å²) in [5.74, 6) is 0.419. The molecule has 0 spiro atoms. The molecule has 0 saturated heterocycles. The Morgan fingerprint density at radius 1 is 1.64 bits per heavy atom. The molecule has 0 radical (unpaired) electrons. The average Bonchev–Trinajstić information content (AvgIpc) is 1.82. The Balaban J connectivity index is 3.88. The number of carbonyl (C=O) groups excluding carboxylic acids is 1. The van der Waals surface area contributed by atoms with Crippen LogP contribution in [0.25, 0.3) is 0 Å². The third kappa shape index (κ3) is 5.58. The molecule has 0 rings (SSSR count). The fraction of sp³-hybridized carbons (Fsp3) is 0.857. The van der Waals surface area contributed by atoms with Crippen molar-refractivity contribution in [3.05, 3.63) is 0 Å². The van der Waals surface area contributed by atoms with Crippen molar-refractivity contribution in [1.29, 1.82) is 0 Å². The van der Waals surface area contributed by atoms with Crippen LogP contribution in [0.15, 0.2) is 0 Å². The summed E-state index contributed by atoms with van der Waals surface area (Å²) in [6.07, 6.45) is 0. The van der Waals surface area contributed by atoms with E-state index in [1.165, 1.54) is 11.8 Å². The van der Waals surface area contributed by atoms with Crippen molar-refractivity contribution in [3.63, 3.8) is 0 Å². The van der Waals surface area contributed by atoms with Crippen molar-refractivity contribution in [1.82, 2.24) is 0 Å². The molecule has 0 bridgehead atoms. The minimum atomic E-state index is -0.428. The first-order chi connectivity index (χ1) is 4.87. The third-order valence-corrected chi connectivity index (χ3v) is 2.42. The van der Waals surface area contributed by atoms with E-state index in [2.05, 4.69) is 12.6 Å². The van der Waals surface area contributed by atoms with Crippen LogP contribution in [0, 0.1) is 0 Å². The number of carbonyl (C=O) groups is 1. The molecule has 0 unspecified atom stereocenters. The van der Waals surface area contributed by atoms with Gasteiger partial charge in [-0.25, -0.2) is 0 Å². The van der Waals surface area contributed by atoms with Crippen LogP contribution in [0.2, 0.25) is 0 Å². The normalized spacial score (nSPS) is 14.6. The molecular weight excluding hydrogens is 178 g/mol. The lowest BCUT2D eigenvalue weighted by atomic mass is 10.3. The van der Waals surface area contributed by atoms with Gasteiger partial charge in [-0.1, -0.05) is 32.5 Å². The Morgan fingerprint density at radius 3 is 2.36 bits per heavy atom. The summed E-state index contributed by atoms with van der Waals surface area (Å²) in [4.78, 5) is 11.2. The van der Waals surface area contributed by atoms with Gasteiger partial charge in [0.1, 0.15) is 0 Å². The maximum atomic E-state index is 11.2. The highest BCUT2D eigenvalue weighted by Crippen LogP contribution is 2.24. The standard InChI is InChI=1S/C7H15NOS2/c1-7(2,3)11-6(9)5(8)4-10/h5,10H,4,8H2,1-3H3/t5-/m0/s1. The molecule has 2 N–H and O–H groups in total. The maximum Gasteiger partial charge on any atom is 0.206 e. The van der Waals surface area contributed by atoms with Crippen LogP contribution in [-0.2, 0) is 4.79 Å². The van der Waals surface area contributed by atoms with Gasteiger partial charge in [-0.3, -0.25) is 4.79 Å². The highest BCUT2D eigenvalue weighted by molar-refractivity contribution is 8.14. The van der Waals surface area contributed by atoms with Gasteiger partial charge in [0, 0.05) is 10.5 Å². The summed E-state index contributed by atoms with van der Waals surface area (Å²) in [6, 6.07) is -0.428. The van der Waals surface area contributed by atoms with Gasteiger partial charge in [-0.2, -0.15) is 12.6 Å². The number of rotatable bonds is 2. The van der Waals surface area contributed by atoms with E-state index in [1.807, 2.05) is 20.8 Å². The predicted octanol–water partition coefficient (Wildman–Crippen LogP) is 1.30. The zero-order valence-corrected chi connectivity index (χ0v) is 8.84. The fourth-order valence-electron chi connectivity index (χ4n) is 0.452. The molecule has 2 nitrogen and oxygen atoms in total. The smallest absolute Gasteiger partial charge is 0.206 e. The number of hydrogen-bond acceptors (Lipinski definition) is 4. The number of hydrogen-bond donors (Lipinski definition) is 2. The zero-order chi connectivity index (χ0) is 9.07. The van der Waals surface area contributed by atoms with E-state index >= 15 is 0 Å². The zero-order valence-electron chi connectivity index (χ0n) is 7.13. The summed E-state index contributed by atoms with van der Waals surface area (Å²) < 4.78 is -0.0440. The molecule has 0 fully saturated rings. The third-order valence-electron chi connectivity index (χ3n) is 0.906. The number of thiol groups is 1. The van der Waals surface area contributed by atoms with Gasteiger partial charge in [0.25, 0.3) is 0 Å². The second-order valence-electron chi connectivity index (χ2n) is 3.32. The molecule has 4 heteroatoms. The molecule has 11 heavy (non-hydrogen) atoms. The van der Waals surface area contributed by atoms with Gasteiger partial charge in [0.15, 0.2) is 0 Å². The molecule has 0 amide bonds. The van der Waals surface area contributed by atoms with Crippen LogP contribution in [0.4, 0.5) is 0 Å². The molecule has 0 saturated carbocycles. The molecule has 1 atom stereocenters. The van der Waals surface area contributed by atoms with E-state index in [1.54, 1.807) is 0 Å². The van der Waals surface area contributed by atoms with E-state index < -0.39 is 6.04 Å². The minimum absolute atomic E-state index is 0.0208. The summed E-state index contributed by atoms with van der Waals surface area (Å²) >= 11 is 5.22. The van der Waals surface area contributed by atoms with Crippen molar-refractivity contribution in [2.45, 2.75) is 31.6 Å². The SMILES string of the molecule is CC(C)(C)SC(=O)[C@@H](N)CS. The van der Waals surface area contributed by atoms with Crippen LogP contribution in [0.3, 0.4) is 0 Å². The second-order valence-corrected chi connectivity index (χ2v) is 5.52. The largest absolute Gasteiger partial charge is 0.320 e.